The Balaban J connectivity index is 1.77. The van der Waals surface area contributed by atoms with Gasteiger partial charge in [0.1, 0.15) is 98.7 Å². The van der Waals surface area contributed by atoms with Crippen LogP contribution in [0, 0.1) is 0 Å². The number of hydrogen-bond donors (Lipinski definition) is 11. The minimum absolute atomic E-state index is 0.00583. The highest BCUT2D eigenvalue weighted by Gasteiger charge is 2.58. The van der Waals surface area contributed by atoms with Crippen molar-refractivity contribution in [2.45, 2.75) is 356 Å². The van der Waals surface area contributed by atoms with Gasteiger partial charge >= 0.3 is 25.7 Å². The van der Waals surface area contributed by atoms with Crippen molar-refractivity contribution in [3.8, 4) is 0 Å². The minimum Gasteiger partial charge on any atom is -0.463 e. The van der Waals surface area contributed by atoms with Gasteiger partial charge in [-0.1, -0.05) is 173 Å². The van der Waals surface area contributed by atoms with Crippen molar-refractivity contribution in [1.29, 1.82) is 0 Å². The Bertz CT molecular complexity index is 2100. The van der Waals surface area contributed by atoms with E-state index in [1.807, 2.05) is 0 Å². The molecule has 0 radical (unpaired) electrons. The number of carbonyl (C=O) groups is 3. The highest BCUT2D eigenvalue weighted by molar-refractivity contribution is 7.47. The molecule has 3 rings (SSSR count). The molecule has 2 aliphatic heterocycles. The molecule has 1 aliphatic carbocycles. The number of aliphatic hydroxyl groups is 10. The number of unbranched alkanes of at least 4 members (excludes halogenated alkanes) is 27. The molecule has 0 aromatic heterocycles. The van der Waals surface area contributed by atoms with Crippen molar-refractivity contribution in [3.63, 3.8) is 0 Å². The van der Waals surface area contributed by atoms with E-state index in [1.54, 1.807) is 0 Å². The van der Waals surface area contributed by atoms with Crippen LogP contribution in [0.25, 0.3) is 0 Å². The first-order valence-corrected chi connectivity index (χ1v) is 37.3. The van der Waals surface area contributed by atoms with E-state index in [0.29, 0.717) is 25.7 Å². The number of carbonyl (C=O) groups excluding carboxylic acids is 3. The van der Waals surface area contributed by atoms with Crippen LogP contribution < -0.4 is 0 Å². The predicted octanol–water partition coefficient (Wildman–Crippen LogP) is 8.73. The molecular weight excluding hydrogens is 1240 g/mol. The number of allylic oxidation sites excluding steroid dienone is 6. The van der Waals surface area contributed by atoms with Gasteiger partial charge in [0.15, 0.2) is 18.7 Å². The van der Waals surface area contributed by atoms with Gasteiger partial charge < -0.3 is 89.1 Å². The van der Waals surface area contributed by atoms with Crippen LogP contribution in [-0.4, -0.2) is 204 Å². The standard InChI is InChI=1S/C69H123O24P/c1-4-7-10-13-16-19-22-25-28-31-34-37-40-43-53(71)85-47-50(88-55(73)45-42-39-36-33-30-27-24-21-18-15-12-9-6-3)48-87-94(83,84)93-67-65(91-68-63(81)58(76)56(74)51(46-70)89-68)61(79)60(78)62(80)66(67)92-69-64(82)59(77)57(75)52(90-69)49-86-54(72)44-41-38-35-32-29-26-23-20-17-14-11-8-5-2/h25-30,50-52,56-70,74-82H,4-24,31-49H2,1-3H3,(H,83,84)/b28-25-,29-26-,30-27-. The van der Waals surface area contributed by atoms with E-state index in [9.17, 15) is 74.9 Å². The van der Waals surface area contributed by atoms with Crippen molar-refractivity contribution >= 4 is 25.7 Å². The molecule has 11 N–H and O–H groups in total. The molecule has 94 heavy (non-hydrogen) atoms. The summed E-state index contributed by atoms with van der Waals surface area (Å²) in [4.78, 5) is 50.8. The normalized spacial score (nSPS) is 28.5. The van der Waals surface area contributed by atoms with Crippen molar-refractivity contribution in [3.05, 3.63) is 36.5 Å². The quantitative estimate of drug-likeness (QED) is 0.00891. The zero-order valence-corrected chi connectivity index (χ0v) is 57.6. The molecule has 24 nitrogen and oxygen atoms in total. The molecule has 0 aromatic rings. The number of esters is 3. The Morgan fingerprint density at radius 1 is 0.404 bits per heavy atom. The number of rotatable bonds is 54. The Morgan fingerprint density at radius 2 is 0.745 bits per heavy atom. The maximum atomic E-state index is 14.3. The van der Waals surface area contributed by atoms with Crippen molar-refractivity contribution < 1.29 is 117 Å². The summed E-state index contributed by atoms with van der Waals surface area (Å²) >= 11 is 0. The average Bonchev–Trinajstić information content (AvgIpc) is 0.765. The Labute approximate surface area is 559 Å². The van der Waals surface area contributed by atoms with Gasteiger partial charge in [0.25, 0.3) is 0 Å². The average molecular weight is 1370 g/mol. The molecule has 0 aromatic carbocycles. The molecule has 2 saturated heterocycles. The van der Waals surface area contributed by atoms with E-state index in [4.69, 9.17) is 42.2 Å². The van der Waals surface area contributed by atoms with Gasteiger partial charge in [-0.25, -0.2) is 4.57 Å². The summed E-state index contributed by atoms with van der Waals surface area (Å²) in [6.45, 7) is 3.34. The maximum absolute atomic E-state index is 14.3. The molecule has 18 atom stereocenters. The topological polar surface area (TPSA) is 374 Å². The minimum atomic E-state index is -5.70. The van der Waals surface area contributed by atoms with Crippen molar-refractivity contribution in [2.24, 2.45) is 0 Å². The van der Waals surface area contributed by atoms with Crippen LogP contribution >= 0.6 is 7.82 Å². The third kappa shape index (κ3) is 34.8. The van der Waals surface area contributed by atoms with Crippen LogP contribution in [0.2, 0.25) is 0 Å². The summed E-state index contributed by atoms with van der Waals surface area (Å²) in [6.07, 6.45) is 11.0. The Morgan fingerprint density at radius 3 is 1.15 bits per heavy atom. The first kappa shape index (κ1) is 85.4. The number of aliphatic hydroxyl groups excluding tert-OH is 10. The highest BCUT2D eigenvalue weighted by Crippen LogP contribution is 2.49. The van der Waals surface area contributed by atoms with Crippen molar-refractivity contribution in [2.75, 3.05) is 26.4 Å². The fourth-order valence-electron chi connectivity index (χ4n) is 11.4. The second-order valence-electron chi connectivity index (χ2n) is 25.6. The molecule has 0 amide bonds. The summed E-state index contributed by atoms with van der Waals surface area (Å²) in [5.41, 5.74) is 0. The second-order valence-corrected chi connectivity index (χ2v) is 27.0. The number of phosphoric ester groups is 1. The smallest absolute Gasteiger partial charge is 0.463 e. The highest BCUT2D eigenvalue weighted by atomic mass is 31.2. The van der Waals surface area contributed by atoms with E-state index >= 15 is 0 Å². The first-order valence-electron chi connectivity index (χ1n) is 35.8. The summed E-state index contributed by atoms with van der Waals surface area (Å²) in [7, 11) is -5.70. The fraction of sp³-hybridized carbons (Fsp3) is 0.870. The van der Waals surface area contributed by atoms with Crippen LogP contribution in [0.15, 0.2) is 36.5 Å². The van der Waals surface area contributed by atoms with Gasteiger partial charge in [-0.2, -0.15) is 0 Å². The van der Waals surface area contributed by atoms with E-state index in [2.05, 4.69) is 57.2 Å². The first-order chi connectivity index (χ1) is 45.3. The van der Waals surface area contributed by atoms with Gasteiger partial charge in [0.2, 0.25) is 0 Å². The predicted molar refractivity (Wildman–Crippen MR) is 351 cm³/mol. The summed E-state index contributed by atoms with van der Waals surface area (Å²) in [5.74, 6) is -2.05. The largest absolute Gasteiger partial charge is 0.472 e. The lowest BCUT2D eigenvalue weighted by Crippen LogP contribution is -2.69. The van der Waals surface area contributed by atoms with Crippen molar-refractivity contribution in [1.82, 2.24) is 0 Å². The van der Waals surface area contributed by atoms with Crippen LogP contribution in [-0.2, 0) is 61.2 Å². The summed E-state index contributed by atoms with van der Waals surface area (Å²) in [5, 5.41) is 110. The van der Waals surface area contributed by atoms with Crippen LogP contribution in [0.4, 0.5) is 0 Å². The van der Waals surface area contributed by atoms with E-state index < -0.39 is 156 Å². The molecule has 18 unspecified atom stereocenters. The zero-order valence-electron chi connectivity index (χ0n) is 56.7. The van der Waals surface area contributed by atoms with Crippen LogP contribution in [0.3, 0.4) is 0 Å². The molecular formula is C69H123O24P. The van der Waals surface area contributed by atoms with Gasteiger partial charge in [0.05, 0.1) is 13.2 Å². The molecule has 1 saturated carbocycles. The van der Waals surface area contributed by atoms with E-state index in [1.165, 1.54) is 96.3 Å². The summed E-state index contributed by atoms with van der Waals surface area (Å²) in [6, 6.07) is 0. The Kier molecular flexibility index (Phi) is 46.7. The SMILES string of the molecule is CCCCCCCC/C=C\CCCCCC(=O)OCC(COP(=O)(O)OC1C(OC2OC(CO)C(O)C(O)C2O)C(O)C(O)C(O)C1OC1OC(COC(=O)CCCCC/C=C\CCCCCCCC)C(O)C(O)C1O)OC(=O)CCCCC/C=C\CCCCCCCC. The van der Waals surface area contributed by atoms with E-state index in [-0.39, 0.29) is 19.3 Å². The molecule has 3 aliphatic rings. The molecule has 3 fully saturated rings. The molecule has 0 spiro atoms. The molecule has 0 bridgehead atoms. The van der Waals surface area contributed by atoms with Gasteiger partial charge in [-0.15, -0.1) is 0 Å². The van der Waals surface area contributed by atoms with E-state index in [0.717, 1.165) is 89.9 Å². The Hall–Kier alpha value is -2.82. The lowest BCUT2D eigenvalue weighted by molar-refractivity contribution is -0.360. The lowest BCUT2D eigenvalue weighted by atomic mass is 9.84. The zero-order chi connectivity index (χ0) is 68.9. The monoisotopic (exact) mass is 1370 g/mol. The third-order valence-corrected chi connectivity index (χ3v) is 18.3. The van der Waals surface area contributed by atoms with Gasteiger partial charge in [-0.05, 0) is 96.3 Å². The third-order valence-electron chi connectivity index (χ3n) is 17.4. The van der Waals surface area contributed by atoms with Crippen LogP contribution in [0.1, 0.15) is 252 Å². The van der Waals surface area contributed by atoms with Gasteiger partial charge in [-0.3, -0.25) is 23.4 Å². The number of ether oxygens (including phenoxy) is 7. The van der Waals surface area contributed by atoms with Crippen LogP contribution in [0.5, 0.6) is 0 Å². The second kappa shape index (κ2) is 51.4. The number of phosphoric acid groups is 1. The number of hydrogen-bond acceptors (Lipinski definition) is 23. The molecule has 25 heteroatoms. The summed E-state index contributed by atoms with van der Waals surface area (Å²) < 4.78 is 64.8. The molecule has 2 heterocycles. The van der Waals surface area contributed by atoms with Gasteiger partial charge in [0, 0.05) is 19.3 Å². The maximum Gasteiger partial charge on any atom is 0.472 e. The lowest BCUT2D eigenvalue weighted by Gasteiger charge is -2.49. The molecule has 548 valence electrons. The fourth-order valence-corrected chi connectivity index (χ4v) is 12.4.